The van der Waals surface area contributed by atoms with Crippen LogP contribution in [0.1, 0.15) is 26.3 Å². The normalized spacial score (nSPS) is 16.2. The number of carbonyl (C=O) groups is 2. The second-order valence-electron chi connectivity index (χ2n) is 7.56. The Morgan fingerprint density at radius 3 is 2.41 bits per heavy atom. The Bertz CT molecular complexity index is 1140. The van der Waals surface area contributed by atoms with E-state index in [4.69, 9.17) is 4.74 Å². The smallest absolute Gasteiger partial charge is 0.413 e. The summed E-state index contributed by atoms with van der Waals surface area (Å²) in [6.07, 6.45) is -0.473. The van der Waals surface area contributed by atoms with Crippen molar-refractivity contribution in [3.05, 3.63) is 54.1 Å². The van der Waals surface area contributed by atoms with Crippen molar-refractivity contribution in [1.82, 2.24) is 4.72 Å². The largest absolute Gasteiger partial charge is 0.449 e. The van der Waals surface area contributed by atoms with Gasteiger partial charge in [-0.05, 0) is 49.2 Å². The van der Waals surface area contributed by atoms with Gasteiger partial charge >= 0.3 is 6.09 Å². The van der Waals surface area contributed by atoms with Crippen LogP contribution in [-0.4, -0.2) is 46.0 Å². The fourth-order valence-electron chi connectivity index (χ4n) is 3.19. The van der Waals surface area contributed by atoms with Crippen LogP contribution in [0, 0.1) is 5.92 Å². The van der Waals surface area contributed by atoms with Gasteiger partial charge in [-0.25, -0.2) is 13.2 Å². The summed E-state index contributed by atoms with van der Waals surface area (Å²) < 4.78 is 32.0. The number of amides is 2. The maximum atomic E-state index is 12.9. The van der Waals surface area contributed by atoms with Crippen LogP contribution in [0.4, 0.5) is 16.2 Å². The quantitative estimate of drug-likeness (QED) is 0.690. The molecule has 1 atom stereocenters. The van der Waals surface area contributed by atoms with Gasteiger partial charge in [0.2, 0.25) is 5.91 Å². The highest BCUT2D eigenvalue weighted by Gasteiger charge is 2.32. The van der Waals surface area contributed by atoms with E-state index < -0.39 is 22.2 Å². The van der Waals surface area contributed by atoms with Gasteiger partial charge in [-0.2, -0.15) is 0 Å². The molecule has 1 aliphatic rings. The number of aliphatic imine (C=N–C) groups is 1. The first kappa shape index (κ1) is 23.3. The number of carbonyl (C=O) groups excluding carboxylic acids is 2. The van der Waals surface area contributed by atoms with Crippen LogP contribution in [0.15, 0.2) is 58.4 Å². The third kappa shape index (κ3) is 4.91. The molecule has 0 saturated carbocycles. The molecule has 2 N–H and O–H groups in total. The van der Waals surface area contributed by atoms with Gasteiger partial charge in [-0.1, -0.05) is 26.0 Å². The van der Waals surface area contributed by atoms with Gasteiger partial charge in [0.1, 0.15) is 11.9 Å². The number of nitrogens with zero attached hydrogens (tertiary/aromatic N) is 2. The molecule has 9 nitrogen and oxygen atoms in total. The molecule has 0 fully saturated rings. The van der Waals surface area contributed by atoms with E-state index in [0.717, 1.165) is 0 Å². The molecule has 10 heteroatoms. The summed E-state index contributed by atoms with van der Waals surface area (Å²) in [7, 11) is -2.10. The van der Waals surface area contributed by atoms with E-state index in [2.05, 4.69) is 15.0 Å². The minimum absolute atomic E-state index is 0.142. The summed E-state index contributed by atoms with van der Waals surface area (Å²) in [5.41, 5.74) is 1.57. The van der Waals surface area contributed by atoms with Crippen LogP contribution < -0.4 is 14.9 Å². The summed E-state index contributed by atoms with van der Waals surface area (Å²) in [6.45, 7) is 5.67. The zero-order chi connectivity index (χ0) is 23.5. The molecule has 1 aliphatic heterocycles. The lowest BCUT2D eigenvalue weighted by Gasteiger charge is -2.19. The number of amidine groups is 1. The van der Waals surface area contributed by atoms with Gasteiger partial charge in [0, 0.05) is 24.0 Å². The zero-order valence-electron chi connectivity index (χ0n) is 18.3. The standard InChI is InChI=1S/C22H26N4O5S/c1-5-31-22(28)26(4)16-12-10-15(11-13-16)23-21(27)19(14(2)3)24-20-17-8-6-7-9-18(17)32(29,30)25-20/h6-14,19H,5H2,1-4H3,(H,23,27)(H,24,25)/t19-/m0/s1. The highest BCUT2D eigenvalue weighted by atomic mass is 32.2. The zero-order valence-corrected chi connectivity index (χ0v) is 19.1. The number of rotatable bonds is 6. The lowest BCUT2D eigenvalue weighted by Crippen LogP contribution is -2.34. The highest BCUT2D eigenvalue weighted by Crippen LogP contribution is 2.24. The fourth-order valence-corrected chi connectivity index (χ4v) is 4.43. The molecule has 0 unspecified atom stereocenters. The number of benzene rings is 2. The third-order valence-electron chi connectivity index (χ3n) is 4.89. The van der Waals surface area contributed by atoms with E-state index >= 15 is 0 Å². The Morgan fingerprint density at radius 1 is 1.12 bits per heavy atom. The molecule has 0 saturated heterocycles. The second-order valence-corrected chi connectivity index (χ2v) is 9.21. The fraction of sp³-hybridized carbons (Fsp3) is 0.318. The van der Waals surface area contributed by atoms with Crippen molar-refractivity contribution in [2.45, 2.75) is 31.7 Å². The van der Waals surface area contributed by atoms with Gasteiger partial charge in [0.25, 0.3) is 10.0 Å². The predicted molar refractivity (Wildman–Crippen MR) is 122 cm³/mol. The lowest BCUT2D eigenvalue weighted by molar-refractivity contribution is -0.118. The molecule has 0 aliphatic carbocycles. The lowest BCUT2D eigenvalue weighted by atomic mass is 10.0. The van der Waals surface area contributed by atoms with Crippen LogP contribution in [-0.2, 0) is 19.6 Å². The first-order valence-corrected chi connectivity index (χ1v) is 11.6. The summed E-state index contributed by atoms with van der Waals surface area (Å²) in [5, 5.41) is 2.80. The number of fused-ring (bicyclic) bond motifs is 1. The van der Waals surface area contributed by atoms with Crippen molar-refractivity contribution in [1.29, 1.82) is 0 Å². The first-order valence-electron chi connectivity index (χ1n) is 10.2. The molecule has 0 bridgehead atoms. The van der Waals surface area contributed by atoms with Crippen molar-refractivity contribution < 1.29 is 22.7 Å². The number of ether oxygens (including phenoxy) is 1. The van der Waals surface area contributed by atoms with E-state index in [0.29, 0.717) is 16.9 Å². The first-order chi connectivity index (χ1) is 15.1. The van der Waals surface area contributed by atoms with Crippen LogP contribution >= 0.6 is 0 Å². The molecule has 0 aromatic heterocycles. The minimum Gasteiger partial charge on any atom is -0.449 e. The van der Waals surface area contributed by atoms with Gasteiger partial charge in [0.15, 0.2) is 0 Å². The predicted octanol–water partition coefficient (Wildman–Crippen LogP) is 2.98. The number of sulfonamides is 1. The molecule has 170 valence electrons. The third-order valence-corrected chi connectivity index (χ3v) is 6.29. The maximum Gasteiger partial charge on any atom is 0.413 e. The second kappa shape index (κ2) is 9.39. The Kier molecular flexibility index (Phi) is 6.83. The van der Waals surface area contributed by atoms with E-state index in [1.807, 2.05) is 13.8 Å². The number of anilines is 2. The van der Waals surface area contributed by atoms with E-state index in [-0.39, 0.29) is 29.2 Å². The van der Waals surface area contributed by atoms with Crippen molar-refractivity contribution in [2.75, 3.05) is 23.9 Å². The SMILES string of the molecule is CCOC(=O)N(C)c1ccc(NC(=O)[C@@H](N=C2NS(=O)(=O)c3ccccc32)C(C)C)cc1. The number of nitrogens with one attached hydrogen (secondary N) is 2. The van der Waals surface area contributed by atoms with Gasteiger partial charge in [-0.15, -0.1) is 0 Å². The van der Waals surface area contributed by atoms with Crippen molar-refractivity contribution in [3.63, 3.8) is 0 Å². The average molecular weight is 459 g/mol. The van der Waals surface area contributed by atoms with Crippen molar-refractivity contribution in [3.8, 4) is 0 Å². The molecule has 32 heavy (non-hydrogen) atoms. The van der Waals surface area contributed by atoms with Crippen molar-refractivity contribution in [2.24, 2.45) is 10.9 Å². The Labute approximate surface area is 187 Å². The molecule has 2 aromatic rings. The molecule has 3 rings (SSSR count). The van der Waals surface area contributed by atoms with Crippen LogP contribution in [0.5, 0.6) is 0 Å². The molecule has 0 radical (unpaired) electrons. The average Bonchev–Trinajstić information content (AvgIpc) is 3.02. The summed E-state index contributed by atoms with van der Waals surface area (Å²) >= 11 is 0. The van der Waals surface area contributed by atoms with Crippen molar-refractivity contribution >= 4 is 39.2 Å². The molecule has 2 amide bonds. The van der Waals surface area contributed by atoms with E-state index in [1.54, 1.807) is 56.4 Å². The van der Waals surface area contributed by atoms with E-state index in [9.17, 15) is 18.0 Å². The Balaban J connectivity index is 1.79. The molecule has 0 spiro atoms. The monoisotopic (exact) mass is 458 g/mol. The molecule has 1 heterocycles. The van der Waals surface area contributed by atoms with Crippen LogP contribution in [0.3, 0.4) is 0 Å². The van der Waals surface area contributed by atoms with Gasteiger partial charge in [0.05, 0.1) is 11.5 Å². The topological polar surface area (TPSA) is 117 Å². The maximum absolute atomic E-state index is 12.9. The van der Waals surface area contributed by atoms with Crippen LogP contribution in [0.25, 0.3) is 0 Å². The van der Waals surface area contributed by atoms with Crippen LogP contribution in [0.2, 0.25) is 0 Å². The summed E-state index contributed by atoms with van der Waals surface area (Å²) in [4.78, 5) is 30.7. The number of hydrogen-bond acceptors (Lipinski definition) is 6. The molecular formula is C22H26N4O5S. The highest BCUT2D eigenvalue weighted by molar-refractivity contribution is 7.90. The van der Waals surface area contributed by atoms with Gasteiger partial charge < -0.3 is 10.1 Å². The molecule has 2 aromatic carbocycles. The van der Waals surface area contributed by atoms with Gasteiger partial charge in [-0.3, -0.25) is 19.4 Å². The molecular weight excluding hydrogens is 432 g/mol. The summed E-state index contributed by atoms with van der Waals surface area (Å²) in [6, 6.07) is 12.4. The van der Waals surface area contributed by atoms with E-state index in [1.165, 1.54) is 11.0 Å². The Morgan fingerprint density at radius 2 is 1.78 bits per heavy atom. The Hall–Kier alpha value is -3.40. The number of hydrogen-bond donors (Lipinski definition) is 2. The minimum atomic E-state index is -3.69. The summed E-state index contributed by atoms with van der Waals surface area (Å²) in [5.74, 6) is -0.405.